The van der Waals surface area contributed by atoms with Gasteiger partial charge in [-0.1, -0.05) is 104 Å². The lowest BCUT2D eigenvalue weighted by atomic mass is 10.0. The van der Waals surface area contributed by atoms with Gasteiger partial charge in [-0.05, 0) is 18.1 Å². The van der Waals surface area contributed by atoms with Gasteiger partial charge in [-0.15, -0.1) is 0 Å². The van der Waals surface area contributed by atoms with Crippen molar-refractivity contribution >= 4 is 17.7 Å². The molecule has 1 aromatic heterocycles. The maximum Gasteiger partial charge on any atom is 0.317 e. The van der Waals surface area contributed by atoms with Crippen molar-refractivity contribution in [2.75, 3.05) is 0 Å². The van der Waals surface area contributed by atoms with Gasteiger partial charge in [-0.25, -0.2) is 4.98 Å². The Labute approximate surface area is 186 Å². The average molecular weight is 429 g/mol. The molecule has 0 spiro atoms. The molecular formula is C26H24N2O2S. The van der Waals surface area contributed by atoms with E-state index in [1.165, 1.54) is 11.8 Å². The molecule has 0 aliphatic heterocycles. The molecule has 0 amide bonds. The molecule has 0 aliphatic carbocycles. The molecule has 0 saturated carbocycles. The number of carboxylic acid groups (broad SMARTS) is 1. The zero-order valence-electron chi connectivity index (χ0n) is 17.5. The molecule has 1 heterocycles. The van der Waals surface area contributed by atoms with Crippen molar-refractivity contribution in [2.24, 2.45) is 5.92 Å². The standard InChI is InChI=1S/C26H24N2O2S/c1-18(2)24(25(29)30)31-26-27-22(19-12-6-3-7-13-19)23(20-14-8-4-9-15-20)28(26)21-16-10-5-11-17-21/h3-18,24H,1-2H3,(H,29,30). The summed E-state index contributed by atoms with van der Waals surface area (Å²) in [6.45, 7) is 3.86. The van der Waals surface area contributed by atoms with Gasteiger partial charge in [-0.2, -0.15) is 0 Å². The second-order valence-corrected chi connectivity index (χ2v) is 8.72. The minimum absolute atomic E-state index is 0.0382. The van der Waals surface area contributed by atoms with Gasteiger partial charge in [0, 0.05) is 16.8 Å². The average Bonchev–Trinajstić information content (AvgIpc) is 3.18. The number of hydrogen-bond donors (Lipinski definition) is 1. The number of aromatic nitrogens is 2. The summed E-state index contributed by atoms with van der Waals surface area (Å²) < 4.78 is 2.08. The molecule has 0 radical (unpaired) electrons. The van der Waals surface area contributed by atoms with Crippen LogP contribution in [0.5, 0.6) is 0 Å². The number of benzene rings is 3. The fourth-order valence-electron chi connectivity index (χ4n) is 3.54. The first-order chi connectivity index (χ1) is 15.1. The van der Waals surface area contributed by atoms with Gasteiger partial charge in [0.2, 0.25) is 0 Å². The highest BCUT2D eigenvalue weighted by Gasteiger charge is 2.28. The molecule has 4 aromatic rings. The SMILES string of the molecule is CC(C)C(Sc1nc(-c2ccccc2)c(-c2ccccc2)n1-c1ccccc1)C(=O)O. The summed E-state index contributed by atoms with van der Waals surface area (Å²) in [7, 11) is 0. The Balaban J connectivity index is 2.01. The smallest absolute Gasteiger partial charge is 0.317 e. The summed E-state index contributed by atoms with van der Waals surface area (Å²) in [5.41, 5.74) is 4.76. The fourth-order valence-corrected chi connectivity index (χ4v) is 4.59. The normalized spacial score (nSPS) is 12.1. The topological polar surface area (TPSA) is 55.1 Å². The molecule has 0 saturated heterocycles. The monoisotopic (exact) mass is 428 g/mol. The van der Waals surface area contributed by atoms with Crippen LogP contribution in [0.4, 0.5) is 0 Å². The van der Waals surface area contributed by atoms with Crippen LogP contribution in [0.25, 0.3) is 28.2 Å². The summed E-state index contributed by atoms with van der Waals surface area (Å²) in [6, 6.07) is 30.2. The summed E-state index contributed by atoms with van der Waals surface area (Å²) in [6.07, 6.45) is 0. The van der Waals surface area contributed by atoms with Crippen LogP contribution in [0.1, 0.15) is 13.8 Å². The highest BCUT2D eigenvalue weighted by Crippen LogP contribution is 2.40. The lowest BCUT2D eigenvalue weighted by Crippen LogP contribution is -2.23. The Hall–Kier alpha value is -3.31. The van der Waals surface area contributed by atoms with E-state index in [4.69, 9.17) is 4.98 Å². The molecule has 31 heavy (non-hydrogen) atoms. The molecule has 156 valence electrons. The second-order valence-electron chi connectivity index (χ2n) is 7.62. The largest absolute Gasteiger partial charge is 0.480 e. The maximum atomic E-state index is 12.0. The van der Waals surface area contributed by atoms with Crippen LogP contribution in [0.2, 0.25) is 0 Å². The molecule has 0 bridgehead atoms. The number of para-hydroxylation sites is 1. The van der Waals surface area contributed by atoms with Gasteiger partial charge in [-0.3, -0.25) is 9.36 Å². The first kappa shape index (κ1) is 20.9. The van der Waals surface area contributed by atoms with Crippen molar-refractivity contribution in [3.05, 3.63) is 91.0 Å². The highest BCUT2D eigenvalue weighted by atomic mass is 32.2. The second kappa shape index (κ2) is 9.23. The first-order valence-corrected chi connectivity index (χ1v) is 11.1. The number of rotatable bonds is 7. The van der Waals surface area contributed by atoms with E-state index in [1.807, 2.05) is 92.7 Å². The Kier molecular flexibility index (Phi) is 6.23. The zero-order chi connectivity index (χ0) is 21.8. The van der Waals surface area contributed by atoms with Gasteiger partial charge in [0.25, 0.3) is 0 Å². The Morgan fingerprint density at radius 2 is 1.35 bits per heavy atom. The van der Waals surface area contributed by atoms with Crippen molar-refractivity contribution in [1.82, 2.24) is 9.55 Å². The molecular weight excluding hydrogens is 404 g/mol. The first-order valence-electron chi connectivity index (χ1n) is 10.2. The number of aliphatic carboxylic acids is 1. The Morgan fingerprint density at radius 1 is 0.839 bits per heavy atom. The summed E-state index contributed by atoms with van der Waals surface area (Å²) >= 11 is 1.30. The zero-order valence-corrected chi connectivity index (χ0v) is 18.3. The van der Waals surface area contributed by atoms with Crippen molar-refractivity contribution in [2.45, 2.75) is 24.3 Å². The van der Waals surface area contributed by atoms with E-state index in [0.717, 1.165) is 28.2 Å². The number of imidazole rings is 1. The van der Waals surface area contributed by atoms with E-state index < -0.39 is 11.2 Å². The Morgan fingerprint density at radius 3 is 1.87 bits per heavy atom. The molecule has 3 aromatic carbocycles. The van der Waals surface area contributed by atoms with Gasteiger partial charge >= 0.3 is 5.97 Å². The van der Waals surface area contributed by atoms with E-state index in [2.05, 4.69) is 16.7 Å². The van der Waals surface area contributed by atoms with E-state index in [9.17, 15) is 9.90 Å². The highest BCUT2D eigenvalue weighted by molar-refractivity contribution is 8.00. The van der Waals surface area contributed by atoms with Crippen LogP contribution >= 0.6 is 11.8 Å². The van der Waals surface area contributed by atoms with Crippen LogP contribution in [-0.2, 0) is 4.79 Å². The van der Waals surface area contributed by atoms with Gasteiger partial charge < -0.3 is 5.11 Å². The van der Waals surface area contributed by atoms with Crippen LogP contribution in [0.3, 0.4) is 0 Å². The summed E-state index contributed by atoms with van der Waals surface area (Å²) in [4.78, 5) is 17.0. The molecule has 4 rings (SSSR count). The molecule has 5 heteroatoms. The van der Waals surface area contributed by atoms with Gasteiger partial charge in [0.15, 0.2) is 5.16 Å². The molecule has 0 fully saturated rings. The van der Waals surface area contributed by atoms with Crippen molar-refractivity contribution in [1.29, 1.82) is 0 Å². The van der Waals surface area contributed by atoms with Crippen LogP contribution in [0.15, 0.2) is 96.2 Å². The van der Waals surface area contributed by atoms with Crippen LogP contribution < -0.4 is 0 Å². The minimum atomic E-state index is -0.829. The van der Waals surface area contributed by atoms with Crippen molar-refractivity contribution in [3.8, 4) is 28.2 Å². The Bertz CT molecular complexity index is 1160. The number of nitrogens with zero attached hydrogens (tertiary/aromatic N) is 2. The van der Waals surface area contributed by atoms with Crippen molar-refractivity contribution < 1.29 is 9.90 Å². The molecule has 0 aliphatic rings. The third-order valence-electron chi connectivity index (χ3n) is 5.04. The summed E-state index contributed by atoms with van der Waals surface area (Å²) in [5.74, 6) is -0.867. The van der Waals surface area contributed by atoms with Gasteiger partial charge in [0.1, 0.15) is 5.25 Å². The van der Waals surface area contributed by atoms with E-state index in [-0.39, 0.29) is 5.92 Å². The lowest BCUT2D eigenvalue weighted by Gasteiger charge is -2.17. The lowest BCUT2D eigenvalue weighted by molar-refractivity contribution is -0.137. The molecule has 1 atom stereocenters. The van der Waals surface area contributed by atoms with E-state index >= 15 is 0 Å². The van der Waals surface area contributed by atoms with Gasteiger partial charge in [0.05, 0.1) is 11.4 Å². The fraction of sp³-hybridized carbons (Fsp3) is 0.154. The number of carbonyl (C=O) groups is 1. The third-order valence-corrected chi connectivity index (χ3v) is 6.52. The quantitative estimate of drug-likeness (QED) is 0.346. The van der Waals surface area contributed by atoms with Crippen molar-refractivity contribution in [3.63, 3.8) is 0 Å². The van der Waals surface area contributed by atoms with E-state index in [1.54, 1.807) is 0 Å². The predicted molar refractivity (Wildman–Crippen MR) is 127 cm³/mol. The predicted octanol–water partition coefficient (Wildman–Crippen LogP) is 6.41. The maximum absolute atomic E-state index is 12.0. The summed E-state index contributed by atoms with van der Waals surface area (Å²) in [5, 5.41) is 9.89. The van der Waals surface area contributed by atoms with E-state index in [0.29, 0.717) is 5.16 Å². The molecule has 4 nitrogen and oxygen atoms in total. The molecule has 1 N–H and O–H groups in total. The number of thioether (sulfide) groups is 1. The van der Waals surface area contributed by atoms with Crippen LogP contribution in [0, 0.1) is 5.92 Å². The van der Waals surface area contributed by atoms with Crippen LogP contribution in [-0.4, -0.2) is 25.9 Å². The molecule has 1 unspecified atom stereocenters. The third kappa shape index (κ3) is 4.42. The minimum Gasteiger partial charge on any atom is -0.480 e. The number of hydrogen-bond acceptors (Lipinski definition) is 3. The number of carboxylic acids is 1.